The molecule has 0 saturated carbocycles. The Morgan fingerprint density at radius 3 is 3.00 bits per heavy atom. The zero-order valence-corrected chi connectivity index (χ0v) is 6.94. The summed E-state index contributed by atoms with van der Waals surface area (Å²) in [5, 5.41) is 10.1. The third-order valence-electron chi connectivity index (χ3n) is 1.56. The molecule has 1 aliphatic heterocycles. The number of carboxylic acid groups (broad SMARTS) is 1. The highest BCUT2D eigenvalue weighted by molar-refractivity contribution is 6.36. The van der Waals surface area contributed by atoms with Gasteiger partial charge in [-0.15, -0.1) is 0 Å². The van der Waals surface area contributed by atoms with Crippen molar-refractivity contribution in [2.75, 3.05) is 13.7 Å². The maximum absolute atomic E-state index is 10.5. The molecule has 1 aliphatic rings. The van der Waals surface area contributed by atoms with Crippen LogP contribution in [0.2, 0.25) is 0 Å². The van der Waals surface area contributed by atoms with Crippen molar-refractivity contribution in [2.45, 2.75) is 6.92 Å². The minimum Gasteiger partial charge on any atom is -0.477 e. The van der Waals surface area contributed by atoms with Crippen molar-refractivity contribution in [1.82, 2.24) is 5.06 Å². The molecule has 1 heterocycles. The number of aliphatic imine (C=N–C) groups is 1. The van der Waals surface area contributed by atoms with E-state index in [0.717, 1.165) is 5.70 Å². The number of carboxylic acids is 1. The van der Waals surface area contributed by atoms with Gasteiger partial charge in [-0.25, -0.2) is 9.79 Å². The lowest BCUT2D eigenvalue weighted by Crippen LogP contribution is -2.33. The average Bonchev–Trinajstić information content (AvgIpc) is 2.05. The van der Waals surface area contributed by atoms with Crippen molar-refractivity contribution in [3.63, 3.8) is 0 Å². The molecule has 0 radical (unpaired) electrons. The molecule has 0 saturated heterocycles. The zero-order chi connectivity index (χ0) is 9.14. The van der Waals surface area contributed by atoms with Gasteiger partial charge in [0.1, 0.15) is 5.71 Å². The Hall–Kier alpha value is -1.36. The van der Waals surface area contributed by atoms with E-state index in [2.05, 4.69) is 4.99 Å². The number of allylic oxidation sites excluding steroid dienone is 1. The number of rotatable bonds is 2. The summed E-state index contributed by atoms with van der Waals surface area (Å²) in [6.45, 7) is 1.99. The van der Waals surface area contributed by atoms with Crippen LogP contribution in [0.5, 0.6) is 0 Å². The second-order valence-corrected chi connectivity index (χ2v) is 2.37. The molecule has 0 aliphatic carbocycles. The summed E-state index contributed by atoms with van der Waals surface area (Å²) >= 11 is 0. The predicted octanol–water partition coefficient (Wildman–Crippen LogP) is 0.250. The van der Waals surface area contributed by atoms with Crippen molar-refractivity contribution < 1.29 is 14.7 Å². The van der Waals surface area contributed by atoms with Gasteiger partial charge >= 0.3 is 5.97 Å². The molecule has 0 bridgehead atoms. The van der Waals surface area contributed by atoms with Crippen LogP contribution in [0.1, 0.15) is 6.92 Å². The lowest BCUT2D eigenvalue weighted by Gasteiger charge is -2.23. The van der Waals surface area contributed by atoms with Crippen LogP contribution < -0.4 is 0 Å². The Morgan fingerprint density at radius 1 is 1.83 bits per heavy atom. The van der Waals surface area contributed by atoms with Crippen molar-refractivity contribution >= 4 is 11.7 Å². The number of hydrogen-bond acceptors (Lipinski definition) is 4. The largest absolute Gasteiger partial charge is 0.477 e. The van der Waals surface area contributed by atoms with Crippen LogP contribution in [0.15, 0.2) is 16.9 Å². The Bertz CT molecular complexity index is 257. The Balaban J connectivity index is 2.79. The van der Waals surface area contributed by atoms with Crippen LogP contribution >= 0.6 is 0 Å². The van der Waals surface area contributed by atoms with E-state index < -0.39 is 5.97 Å². The lowest BCUT2D eigenvalue weighted by molar-refractivity contribution is -0.131. The number of carbonyl (C=O) groups is 1. The average molecular weight is 170 g/mol. The van der Waals surface area contributed by atoms with Crippen LogP contribution in [-0.4, -0.2) is 35.5 Å². The summed E-state index contributed by atoms with van der Waals surface area (Å²) in [6.07, 6.45) is 1.47. The minimum atomic E-state index is -1.01. The quantitative estimate of drug-likeness (QED) is 0.645. The molecule has 0 unspecified atom stereocenters. The van der Waals surface area contributed by atoms with Gasteiger partial charge in [0, 0.05) is 6.20 Å². The smallest absolute Gasteiger partial charge is 0.352 e. The second kappa shape index (κ2) is 3.36. The van der Waals surface area contributed by atoms with Gasteiger partial charge in [-0.2, -0.15) is 0 Å². The van der Waals surface area contributed by atoms with E-state index in [4.69, 9.17) is 9.94 Å². The summed E-state index contributed by atoms with van der Waals surface area (Å²) in [5.74, 6) is -1.01. The molecule has 0 aromatic rings. The maximum atomic E-state index is 10.5. The Kier molecular flexibility index (Phi) is 2.44. The van der Waals surface area contributed by atoms with E-state index in [-0.39, 0.29) is 12.3 Å². The highest BCUT2D eigenvalue weighted by Crippen LogP contribution is 2.08. The van der Waals surface area contributed by atoms with E-state index >= 15 is 0 Å². The van der Waals surface area contributed by atoms with Gasteiger partial charge in [-0.1, -0.05) is 0 Å². The lowest BCUT2D eigenvalue weighted by atomic mass is 10.3. The molecule has 0 fully saturated rings. The van der Waals surface area contributed by atoms with E-state index in [1.54, 1.807) is 6.92 Å². The molecule has 5 heteroatoms. The second-order valence-electron chi connectivity index (χ2n) is 2.37. The van der Waals surface area contributed by atoms with Crippen LogP contribution in [0.25, 0.3) is 0 Å². The predicted molar refractivity (Wildman–Crippen MR) is 42.5 cm³/mol. The third kappa shape index (κ3) is 1.62. The van der Waals surface area contributed by atoms with Gasteiger partial charge in [-0.3, -0.25) is 9.90 Å². The fourth-order valence-corrected chi connectivity index (χ4v) is 0.869. The highest BCUT2D eigenvalue weighted by Gasteiger charge is 2.18. The molecule has 0 amide bonds. The topological polar surface area (TPSA) is 62.1 Å². The van der Waals surface area contributed by atoms with Gasteiger partial charge < -0.3 is 5.11 Å². The molecule has 12 heavy (non-hydrogen) atoms. The standard InChI is InChI=1S/C7H10N2O3/c1-5-3-8-6(7(10)11)4-9(5)12-2/h3H,4H2,1-2H3,(H,10,11). The van der Waals surface area contributed by atoms with E-state index in [1.165, 1.54) is 18.4 Å². The first-order chi connectivity index (χ1) is 5.65. The van der Waals surface area contributed by atoms with E-state index in [9.17, 15) is 4.79 Å². The molecule has 1 N–H and O–H groups in total. The van der Waals surface area contributed by atoms with E-state index in [1.807, 2.05) is 0 Å². The molecular formula is C7H10N2O3. The van der Waals surface area contributed by atoms with Gasteiger partial charge in [0.2, 0.25) is 0 Å². The van der Waals surface area contributed by atoms with E-state index in [0.29, 0.717) is 0 Å². The summed E-state index contributed by atoms with van der Waals surface area (Å²) in [5.41, 5.74) is 0.880. The normalized spacial score (nSPS) is 17.0. The number of nitrogens with zero attached hydrogens (tertiary/aromatic N) is 2. The molecule has 0 spiro atoms. The van der Waals surface area contributed by atoms with Crippen molar-refractivity contribution in [3.8, 4) is 0 Å². The van der Waals surface area contributed by atoms with Crippen LogP contribution in [-0.2, 0) is 9.63 Å². The molecule has 0 aromatic heterocycles. The fraction of sp³-hybridized carbons (Fsp3) is 0.429. The Labute approximate surface area is 69.9 Å². The molecule has 5 nitrogen and oxygen atoms in total. The SMILES string of the molecule is CON1CC(C(=O)O)=NC=C1C. The number of hydroxylamine groups is 2. The number of aliphatic carboxylic acids is 1. The van der Waals surface area contributed by atoms with Gasteiger partial charge in [0.15, 0.2) is 0 Å². The summed E-state index contributed by atoms with van der Waals surface area (Å²) < 4.78 is 0. The molecule has 0 aromatic carbocycles. The van der Waals surface area contributed by atoms with Crippen LogP contribution in [0, 0.1) is 0 Å². The molecule has 1 rings (SSSR count). The monoisotopic (exact) mass is 170 g/mol. The van der Waals surface area contributed by atoms with Crippen LogP contribution in [0.3, 0.4) is 0 Å². The van der Waals surface area contributed by atoms with Crippen LogP contribution in [0.4, 0.5) is 0 Å². The van der Waals surface area contributed by atoms with Crippen molar-refractivity contribution in [3.05, 3.63) is 11.9 Å². The molecule has 66 valence electrons. The first-order valence-corrected chi connectivity index (χ1v) is 3.43. The van der Waals surface area contributed by atoms with Gasteiger partial charge in [-0.05, 0) is 6.92 Å². The molecular weight excluding hydrogens is 160 g/mol. The van der Waals surface area contributed by atoms with Crippen molar-refractivity contribution in [1.29, 1.82) is 0 Å². The first-order valence-electron chi connectivity index (χ1n) is 3.43. The third-order valence-corrected chi connectivity index (χ3v) is 1.56. The van der Waals surface area contributed by atoms with Crippen molar-refractivity contribution in [2.24, 2.45) is 4.99 Å². The highest BCUT2D eigenvalue weighted by atomic mass is 16.7. The number of hydrogen-bond donors (Lipinski definition) is 1. The fourth-order valence-electron chi connectivity index (χ4n) is 0.869. The van der Waals surface area contributed by atoms with Gasteiger partial charge in [0.25, 0.3) is 0 Å². The summed E-state index contributed by atoms with van der Waals surface area (Å²) in [6, 6.07) is 0. The van der Waals surface area contributed by atoms with Gasteiger partial charge in [0.05, 0.1) is 19.4 Å². The first kappa shape index (κ1) is 8.73. The molecule has 0 atom stereocenters. The minimum absolute atomic E-state index is 0.0856. The zero-order valence-electron chi connectivity index (χ0n) is 6.94. The summed E-state index contributed by atoms with van der Waals surface area (Å²) in [4.78, 5) is 19.1. The Morgan fingerprint density at radius 2 is 2.50 bits per heavy atom. The maximum Gasteiger partial charge on any atom is 0.352 e. The summed E-state index contributed by atoms with van der Waals surface area (Å²) in [7, 11) is 1.49.